The fraction of sp³-hybridized carbons (Fsp3) is 0.182. The van der Waals surface area contributed by atoms with E-state index in [0.29, 0.717) is 12.4 Å². The molecule has 0 amide bonds. The van der Waals surface area contributed by atoms with E-state index in [4.69, 9.17) is 10.5 Å². The van der Waals surface area contributed by atoms with Gasteiger partial charge in [-0.2, -0.15) is 5.10 Å². The van der Waals surface area contributed by atoms with Crippen LogP contribution < -0.4 is 11.1 Å². The number of benzene rings is 1. The molecule has 0 saturated carbocycles. The SMILES string of the molecule is COCc1ccccc1Nc1cn[nH]c1N. The average Bonchev–Trinajstić information content (AvgIpc) is 2.68. The summed E-state index contributed by atoms with van der Waals surface area (Å²) in [4.78, 5) is 0. The van der Waals surface area contributed by atoms with Gasteiger partial charge in [-0.05, 0) is 6.07 Å². The first-order valence-electron chi connectivity index (χ1n) is 4.94. The lowest BCUT2D eigenvalue weighted by atomic mass is 10.2. The molecule has 1 aromatic carbocycles. The summed E-state index contributed by atoms with van der Waals surface area (Å²) in [5.41, 5.74) is 8.51. The Bertz CT molecular complexity index is 467. The maximum Gasteiger partial charge on any atom is 0.143 e. The first-order chi connectivity index (χ1) is 7.81. The van der Waals surface area contributed by atoms with E-state index in [1.165, 1.54) is 0 Å². The Morgan fingerprint density at radius 2 is 2.19 bits per heavy atom. The highest BCUT2D eigenvalue weighted by Crippen LogP contribution is 2.23. The molecule has 2 aromatic rings. The minimum absolute atomic E-state index is 0.521. The van der Waals surface area contributed by atoms with Crippen molar-refractivity contribution in [3.8, 4) is 0 Å². The second-order valence-corrected chi connectivity index (χ2v) is 3.41. The number of nitrogens with zero attached hydrogens (tertiary/aromatic N) is 1. The lowest BCUT2D eigenvalue weighted by Crippen LogP contribution is -1.98. The number of ether oxygens (including phenoxy) is 1. The Hall–Kier alpha value is -2.01. The standard InChI is InChI=1S/C11H14N4O/c1-16-7-8-4-2-3-5-9(8)14-10-6-13-15-11(10)12/h2-6,14H,7H2,1H3,(H3,12,13,15). The normalized spacial score (nSPS) is 10.3. The number of aromatic nitrogens is 2. The second kappa shape index (κ2) is 4.67. The van der Waals surface area contributed by atoms with Gasteiger partial charge in [0.2, 0.25) is 0 Å². The van der Waals surface area contributed by atoms with Crippen molar-refractivity contribution >= 4 is 17.2 Å². The molecule has 0 spiro atoms. The van der Waals surface area contributed by atoms with Crippen LogP contribution in [0.5, 0.6) is 0 Å². The summed E-state index contributed by atoms with van der Waals surface area (Å²) in [7, 11) is 1.67. The molecule has 0 atom stereocenters. The number of nitrogen functional groups attached to an aromatic ring is 1. The molecular formula is C11H14N4O. The Labute approximate surface area is 93.6 Å². The van der Waals surface area contributed by atoms with Crippen LogP contribution in [0.2, 0.25) is 0 Å². The zero-order chi connectivity index (χ0) is 11.4. The number of rotatable bonds is 4. The first kappa shape index (κ1) is 10.5. The van der Waals surface area contributed by atoms with Crippen LogP contribution in [0, 0.1) is 0 Å². The molecule has 0 aliphatic heterocycles. The summed E-state index contributed by atoms with van der Waals surface area (Å²) in [6.45, 7) is 0.556. The molecule has 0 aliphatic rings. The van der Waals surface area contributed by atoms with E-state index in [1.54, 1.807) is 13.3 Å². The Balaban J connectivity index is 2.24. The van der Waals surface area contributed by atoms with Crippen LogP contribution in [0.25, 0.3) is 0 Å². The predicted octanol–water partition coefficient (Wildman–Crippen LogP) is 1.88. The van der Waals surface area contributed by atoms with Crippen molar-refractivity contribution in [1.82, 2.24) is 10.2 Å². The molecule has 0 radical (unpaired) electrons. The quantitative estimate of drug-likeness (QED) is 0.732. The molecule has 4 N–H and O–H groups in total. The van der Waals surface area contributed by atoms with E-state index in [-0.39, 0.29) is 0 Å². The first-order valence-corrected chi connectivity index (χ1v) is 4.94. The van der Waals surface area contributed by atoms with Gasteiger partial charge >= 0.3 is 0 Å². The zero-order valence-electron chi connectivity index (χ0n) is 9.03. The van der Waals surface area contributed by atoms with Gasteiger partial charge in [0.05, 0.1) is 12.8 Å². The number of methoxy groups -OCH3 is 1. The highest BCUT2D eigenvalue weighted by molar-refractivity contribution is 5.70. The molecule has 1 heterocycles. The third kappa shape index (κ3) is 2.14. The zero-order valence-corrected chi connectivity index (χ0v) is 9.03. The van der Waals surface area contributed by atoms with Crippen LogP contribution in [-0.2, 0) is 11.3 Å². The third-order valence-corrected chi connectivity index (χ3v) is 2.26. The van der Waals surface area contributed by atoms with E-state index < -0.39 is 0 Å². The fourth-order valence-electron chi connectivity index (χ4n) is 1.46. The monoisotopic (exact) mass is 218 g/mol. The molecule has 2 rings (SSSR count). The number of nitrogens with two attached hydrogens (primary N) is 1. The van der Waals surface area contributed by atoms with Gasteiger partial charge in [0.15, 0.2) is 0 Å². The summed E-state index contributed by atoms with van der Waals surface area (Å²) < 4.78 is 5.12. The molecule has 0 unspecified atom stereocenters. The molecule has 5 nitrogen and oxygen atoms in total. The van der Waals surface area contributed by atoms with Crippen LogP contribution in [0.1, 0.15) is 5.56 Å². The van der Waals surface area contributed by atoms with Gasteiger partial charge in [-0.3, -0.25) is 5.10 Å². The van der Waals surface area contributed by atoms with Crippen molar-refractivity contribution < 1.29 is 4.74 Å². The van der Waals surface area contributed by atoms with E-state index in [0.717, 1.165) is 16.9 Å². The minimum Gasteiger partial charge on any atom is -0.382 e. The number of hydrogen-bond donors (Lipinski definition) is 3. The van der Waals surface area contributed by atoms with Crippen molar-refractivity contribution in [1.29, 1.82) is 0 Å². The van der Waals surface area contributed by atoms with Crippen molar-refractivity contribution in [3.05, 3.63) is 36.0 Å². The summed E-state index contributed by atoms with van der Waals surface area (Å²) in [6.07, 6.45) is 1.65. The lowest BCUT2D eigenvalue weighted by molar-refractivity contribution is 0.185. The van der Waals surface area contributed by atoms with Crippen molar-refractivity contribution in [2.24, 2.45) is 0 Å². The van der Waals surface area contributed by atoms with Gasteiger partial charge in [-0.1, -0.05) is 18.2 Å². The Morgan fingerprint density at radius 3 is 2.88 bits per heavy atom. The van der Waals surface area contributed by atoms with E-state index >= 15 is 0 Å². The van der Waals surface area contributed by atoms with Gasteiger partial charge in [-0.15, -0.1) is 0 Å². The van der Waals surface area contributed by atoms with Crippen LogP contribution >= 0.6 is 0 Å². The third-order valence-electron chi connectivity index (χ3n) is 2.26. The number of H-pyrrole nitrogens is 1. The maximum atomic E-state index is 5.70. The second-order valence-electron chi connectivity index (χ2n) is 3.41. The average molecular weight is 218 g/mol. The van der Waals surface area contributed by atoms with Gasteiger partial charge < -0.3 is 15.8 Å². The summed E-state index contributed by atoms with van der Waals surface area (Å²) in [5.74, 6) is 0.521. The Kier molecular flexibility index (Phi) is 3.07. The van der Waals surface area contributed by atoms with Crippen molar-refractivity contribution in [2.75, 3.05) is 18.2 Å². The van der Waals surface area contributed by atoms with E-state index in [9.17, 15) is 0 Å². The largest absolute Gasteiger partial charge is 0.382 e. The Morgan fingerprint density at radius 1 is 1.38 bits per heavy atom. The van der Waals surface area contributed by atoms with Crippen LogP contribution in [0.4, 0.5) is 17.2 Å². The fourth-order valence-corrected chi connectivity index (χ4v) is 1.46. The van der Waals surface area contributed by atoms with Crippen LogP contribution in [-0.4, -0.2) is 17.3 Å². The van der Waals surface area contributed by atoms with Crippen molar-refractivity contribution in [2.45, 2.75) is 6.61 Å². The molecule has 84 valence electrons. The molecule has 1 aromatic heterocycles. The topological polar surface area (TPSA) is 76.0 Å². The molecular weight excluding hydrogens is 204 g/mol. The lowest BCUT2D eigenvalue weighted by Gasteiger charge is -2.10. The van der Waals surface area contributed by atoms with E-state index in [2.05, 4.69) is 15.5 Å². The summed E-state index contributed by atoms with van der Waals surface area (Å²) in [5, 5.41) is 9.73. The highest BCUT2D eigenvalue weighted by Gasteiger charge is 2.05. The maximum absolute atomic E-state index is 5.70. The van der Waals surface area contributed by atoms with E-state index in [1.807, 2.05) is 24.3 Å². The molecule has 5 heteroatoms. The van der Waals surface area contributed by atoms with Crippen LogP contribution in [0.3, 0.4) is 0 Å². The van der Waals surface area contributed by atoms with Gasteiger partial charge in [-0.25, -0.2) is 0 Å². The summed E-state index contributed by atoms with van der Waals surface area (Å²) in [6, 6.07) is 7.90. The highest BCUT2D eigenvalue weighted by atomic mass is 16.5. The number of anilines is 3. The van der Waals surface area contributed by atoms with Gasteiger partial charge in [0, 0.05) is 18.4 Å². The molecule has 0 bridgehead atoms. The number of hydrogen-bond acceptors (Lipinski definition) is 4. The van der Waals surface area contributed by atoms with Gasteiger partial charge in [0.25, 0.3) is 0 Å². The molecule has 0 fully saturated rings. The molecule has 0 aliphatic carbocycles. The number of nitrogens with one attached hydrogen (secondary N) is 2. The summed E-state index contributed by atoms with van der Waals surface area (Å²) >= 11 is 0. The number of para-hydroxylation sites is 1. The van der Waals surface area contributed by atoms with Gasteiger partial charge in [0.1, 0.15) is 11.5 Å². The molecule has 16 heavy (non-hydrogen) atoms. The molecule has 0 saturated heterocycles. The predicted molar refractivity (Wildman–Crippen MR) is 63.4 cm³/mol. The minimum atomic E-state index is 0.521. The van der Waals surface area contributed by atoms with Crippen molar-refractivity contribution in [3.63, 3.8) is 0 Å². The smallest absolute Gasteiger partial charge is 0.143 e. The van der Waals surface area contributed by atoms with Crippen LogP contribution in [0.15, 0.2) is 30.5 Å². The number of aromatic amines is 1.